The van der Waals surface area contributed by atoms with Crippen molar-refractivity contribution in [2.45, 2.75) is 51.5 Å². The van der Waals surface area contributed by atoms with Crippen molar-refractivity contribution in [3.8, 4) is 0 Å². The van der Waals surface area contributed by atoms with Crippen LogP contribution in [0.3, 0.4) is 0 Å². The van der Waals surface area contributed by atoms with Gasteiger partial charge in [0.1, 0.15) is 18.8 Å². The van der Waals surface area contributed by atoms with E-state index in [1.54, 1.807) is 0 Å². The molecule has 1 fully saturated rings. The maximum Gasteiger partial charge on any atom is 0.407 e. The van der Waals surface area contributed by atoms with Gasteiger partial charge in [0.05, 0.1) is 6.04 Å². The van der Waals surface area contributed by atoms with Crippen LogP contribution in [0.5, 0.6) is 0 Å². The van der Waals surface area contributed by atoms with Gasteiger partial charge in [-0.25, -0.2) is 4.79 Å². The Bertz CT molecular complexity index is 799. The van der Waals surface area contributed by atoms with Gasteiger partial charge in [-0.2, -0.15) is 4.21 Å². The molecule has 6 nitrogen and oxygen atoms in total. The molecule has 0 radical (unpaired) electrons. The fourth-order valence-electron chi connectivity index (χ4n) is 3.33. The van der Waals surface area contributed by atoms with Crippen molar-refractivity contribution >= 4 is 17.5 Å². The minimum Gasteiger partial charge on any atom is -0.445 e. The van der Waals surface area contributed by atoms with Gasteiger partial charge in [0.25, 0.3) is 0 Å². The lowest BCUT2D eigenvalue weighted by Crippen LogP contribution is -2.49. The fraction of sp³-hybridized carbons (Fsp3) is 0.409. The summed E-state index contributed by atoms with van der Waals surface area (Å²) in [6.45, 7) is 4.30. The van der Waals surface area contributed by atoms with Gasteiger partial charge < -0.3 is 10.1 Å². The number of carbonyl (C=O) groups is 1. The first-order chi connectivity index (χ1) is 14.0. The van der Waals surface area contributed by atoms with E-state index in [9.17, 15) is 9.00 Å². The number of amides is 1. The molecule has 1 amide bonds. The Morgan fingerprint density at radius 1 is 1.03 bits per heavy atom. The maximum atomic E-state index is 12.5. The van der Waals surface area contributed by atoms with Crippen LogP contribution >= 0.6 is 0 Å². The van der Waals surface area contributed by atoms with Gasteiger partial charge in [0.15, 0.2) is 0 Å². The molecular formula is C22H27NO5S. The van der Waals surface area contributed by atoms with Crippen molar-refractivity contribution in [2.75, 3.05) is 0 Å². The normalized spacial score (nSPS) is 22.4. The molecule has 1 saturated heterocycles. The zero-order valence-corrected chi connectivity index (χ0v) is 17.5. The molecular weight excluding hydrogens is 390 g/mol. The van der Waals surface area contributed by atoms with Crippen LogP contribution in [0.15, 0.2) is 60.7 Å². The number of hydrogen-bond acceptors (Lipinski definition) is 5. The molecule has 7 heteroatoms. The average molecular weight is 418 g/mol. The highest BCUT2D eigenvalue weighted by atomic mass is 32.2. The second-order valence-electron chi connectivity index (χ2n) is 7.53. The monoisotopic (exact) mass is 417 g/mol. The van der Waals surface area contributed by atoms with E-state index in [2.05, 4.69) is 19.2 Å². The first kappa shape index (κ1) is 21.5. The lowest BCUT2D eigenvalue weighted by atomic mass is 9.93. The minimum atomic E-state index is -1.82. The van der Waals surface area contributed by atoms with E-state index >= 15 is 0 Å². The van der Waals surface area contributed by atoms with Crippen molar-refractivity contribution < 1.29 is 22.1 Å². The summed E-state index contributed by atoms with van der Waals surface area (Å²) in [6, 6.07) is 18.8. The summed E-state index contributed by atoms with van der Waals surface area (Å²) in [5, 5.41) is 2.90. The molecule has 1 unspecified atom stereocenters. The standard InChI is InChI=1S/C22H27NO5S/c1-16(2)13-20-21(28-29(25)27-20)19(14-17-9-5-3-6-10-17)23-22(24)26-15-18-11-7-4-8-12-18/h3-12,16,19-21H,13-15H2,1-2H3,(H,23,24)/t19-,20+,21+,29?/m0/s1. The van der Waals surface area contributed by atoms with Crippen LogP contribution in [-0.4, -0.2) is 28.6 Å². The van der Waals surface area contributed by atoms with Gasteiger partial charge in [-0.3, -0.25) is 8.37 Å². The SMILES string of the molecule is CC(C)C[C@H]1OS(=O)O[C@@H]1[C@H](Cc1ccccc1)NC(=O)OCc1ccccc1. The highest BCUT2D eigenvalue weighted by Crippen LogP contribution is 2.27. The van der Waals surface area contributed by atoms with Gasteiger partial charge in [0, 0.05) is 0 Å². The first-order valence-electron chi connectivity index (χ1n) is 9.78. The topological polar surface area (TPSA) is 73.9 Å². The molecule has 0 aliphatic carbocycles. The van der Waals surface area contributed by atoms with Crippen molar-refractivity contribution in [1.82, 2.24) is 5.32 Å². The average Bonchev–Trinajstić information content (AvgIpc) is 3.07. The van der Waals surface area contributed by atoms with Crippen molar-refractivity contribution in [3.63, 3.8) is 0 Å². The third-order valence-corrected chi connectivity index (χ3v) is 5.46. The highest BCUT2D eigenvalue weighted by molar-refractivity contribution is 7.75. The molecule has 0 saturated carbocycles. The van der Waals surface area contributed by atoms with Crippen LogP contribution in [0.2, 0.25) is 0 Å². The van der Waals surface area contributed by atoms with E-state index in [4.69, 9.17) is 13.1 Å². The zero-order valence-electron chi connectivity index (χ0n) is 16.7. The second-order valence-corrected chi connectivity index (χ2v) is 8.32. The van der Waals surface area contributed by atoms with Crippen LogP contribution in [0, 0.1) is 5.92 Å². The van der Waals surface area contributed by atoms with Crippen LogP contribution in [0.1, 0.15) is 31.4 Å². The number of ether oxygens (including phenoxy) is 1. The number of hydrogen-bond donors (Lipinski definition) is 1. The lowest BCUT2D eigenvalue weighted by molar-refractivity contribution is 0.0878. The Kier molecular flexibility index (Phi) is 7.80. The Labute approximate surface area is 174 Å². The molecule has 4 atom stereocenters. The Hall–Kier alpha value is -2.22. The summed E-state index contributed by atoms with van der Waals surface area (Å²) in [6.07, 6.45) is -0.232. The minimum absolute atomic E-state index is 0.175. The number of nitrogens with one attached hydrogen (secondary N) is 1. The molecule has 29 heavy (non-hydrogen) atoms. The summed E-state index contributed by atoms with van der Waals surface area (Å²) >= 11 is -1.82. The van der Waals surface area contributed by atoms with Crippen LogP contribution in [0.4, 0.5) is 4.79 Å². The van der Waals surface area contributed by atoms with E-state index in [0.29, 0.717) is 18.8 Å². The van der Waals surface area contributed by atoms with Crippen LogP contribution in [0.25, 0.3) is 0 Å². The third-order valence-electron chi connectivity index (χ3n) is 4.67. The quantitative estimate of drug-likeness (QED) is 0.704. The number of benzene rings is 2. The van der Waals surface area contributed by atoms with E-state index in [0.717, 1.165) is 11.1 Å². The molecule has 0 bridgehead atoms. The Morgan fingerprint density at radius 2 is 1.66 bits per heavy atom. The van der Waals surface area contributed by atoms with E-state index in [1.165, 1.54) is 0 Å². The molecule has 2 aromatic rings. The smallest absolute Gasteiger partial charge is 0.407 e. The van der Waals surface area contributed by atoms with Gasteiger partial charge in [-0.05, 0) is 29.9 Å². The number of rotatable bonds is 8. The van der Waals surface area contributed by atoms with E-state index < -0.39 is 29.6 Å². The largest absolute Gasteiger partial charge is 0.445 e. The summed E-state index contributed by atoms with van der Waals surface area (Å²) in [4.78, 5) is 12.5. The summed E-state index contributed by atoms with van der Waals surface area (Å²) in [5.74, 6) is 0.337. The van der Waals surface area contributed by atoms with Crippen LogP contribution < -0.4 is 5.32 Å². The highest BCUT2D eigenvalue weighted by Gasteiger charge is 2.41. The molecule has 1 aliphatic heterocycles. The lowest BCUT2D eigenvalue weighted by Gasteiger charge is -2.26. The first-order valence-corrected chi connectivity index (χ1v) is 10.8. The summed E-state index contributed by atoms with van der Waals surface area (Å²) < 4.78 is 28.3. The van der Waals surface area contributed by atoms with Gasteiger partial charge in [-0.15, -0.1) is 0 Å². The molecule has 156 valence electrons. The summed E-state index contributed by atoms with van der Waals surface area (Å²) in [7, 11) is 0. The fourth-order valence-corrected chi connectivity index (χ4v) is 4.20. The molecule has 1 N–H and O–H groups in total. The molecule has 0 aromatic heterocycles. The predicted octanol–water partition coefficient (Wildman–Crippen LogP) is 3.93. The van der Waals surface area contributed by atoms with Gasteiger partial charge >= 0.3 is 17.5 Å². The second kappa shape index (κ2) is 10.5. The third kappa shape index (κ3) is 6.66. The Balaban J connectivity index is 1.70. The molecule has 1 aliphatic rings. The molecule has 1 heterocycles. The van der Waals surface area contributed by atoms with Crippen molar-refractivity contribution in [2.24, 2.45) is 5.92 Å². The van der Waals surface area contributed by atoms with E-state index in [1.807, 2.05) is 60.7 Å². The number of carbonyl (C=O) groups excluding carboxylic acids is 1. The maximum absolute atomic E-state index is 12.5. The molecule has 2 aromatic carbocycles. The van der Waals surface area contributed by atoms with E-state index in [-0.39, 0.29) is 12.7 Å². The number of alkyl carbamates (subject to hydrolysis) is 1. The van der Waals surface area contributed by atoms with Gasteiger partial charge in [0.2, 0.25) is 0 Å². The predicted molar refractivity (Wildman–Crippen MR) is 111 cm³/mol. The zero-order chi connectivity index (χ0) is 20.6. The van der Waals surface area contributed by atoms with Gasteiger partial charge in [-0.1, -0.05) is 74.5 Å². The Morgan fingerprint density at radius 3 is 2.28 bits per heavy atom. The summed E-state index contributed by atoms with van der Waals surface area (Å²) in [5.41, 5.74) is 1.94. The van der Waals surface area contributed by atoms with Crippen molar-refractivity contribution in [3.05, 3.63) is 71.8 Å². The molecule has 3 rings (SSSR count). The van der Waals surface area contributed by atoms with Crippen LogP contribution in [-0.2, 0) is 37.5 Å². The van der Waals surface area contributed by atoms with Crippen molar-refractivity contribution in [1.29, 1.82) is 0 Å². The molecule has 0 spiro atoms.